The predicted octanol–water partition coefficient (Wildman–Crippen LogP) is 0.566. The molecule has 0 bridgehead atoms. The second kappa shape index (κ2) is 13.0. The van der Waals surface area contributed by atoms with E-state index in [-0.39, 0.29) is 5.75 Å². The van der Waals surface area contributed by atoms with Crippen LogP contribution in [-0.2, 0) is 38.6 Å². The van der Waals surface area contributed by atoms with Crippen LogP contribution in [0.15, 0.2) is 82.5 Å². The fraction of sp³-hybridized carbons (Fsp3) is 0.261. The van der Waals surface area contributed by atoms with Gasteiger partial charge in [0.15, 0.2) is 12.3 Å². The smallest absolute Gasteiger partial charge is 0.514 e. The number of hydrogen-bond acceptors (Lipinski definition) is 14. The van der Waals surface area contributed by atoms with Crippen molar-refractivity contribution in [1.29, 1.82) is 0 Å². The number of para-hydroxylation sites is 1. The van der Waals surface area contributed by atoms with Crippen LogP contribution in [0.5, 0.6) is 5.75 Å². The van der Waals surface area contributed by atoms with Gasteiger partial charge in [-0.2, -0.15) is 0 Å². The fourth-order valence-corrected chi connectivity index (χ4v) is 5.61. The van der Waals surface area contributed by atoms with Crippen LogP contribution in [0.2, 0.25) is 0 Å². The molecule has 1 aliphatic rings. The second-order valence-electron chi connectivity index (χ2n) is 8.35. The Morgan fingerprint density at radius 2 is 1.61 bits per heavy atom. The van der Waals surface area contributed by atoms with Crippen LogP contribution in [0.4, 0.5) is 4.79 Å². The highest BCUT2D eigenvalue weighted by atomic mass is 31.3. The topological polar surface area (TPSA) is 228 Å². The Labute approximate surface area is 230 Å². The quantitative estimate of drug-likeness (QED) is 0.171. The molecule has 18 heteroatoms. The van der Waals surface area contributed by atoms with E-state index in [9.17, 15) is 38.4 Å². The number of phosphoric acid groups is 2. The lowest BCUT2D eigenvalue weighted by molar-refractivity contribution is -0.246. The molecular formula is C23H22N2O14P2-2. The van der Waals surface area contributed by atoms with Crippen molar-refractivity contribution >= 4 is 21.8 Å². The third-order valence-electron chi connectivity index (χ3n) is 5.44. The molecule has 2 N–H and O–H groups in total. The maximum Gasteiger partial charge on any atom is 0.514 e. The molecule has 1 aliphatic heterocycles. The molecule has 3 aromatic rings. The first kappa shape index (κ1) is 30.5. The van der Waals surface area contributed by atoms with Gasteiger partial charge in [0.05, 0.1) is 13.2 Å². The Morgan fingerprint density at radius 3 is 2.27 bits per heavy atom. The largest absolute Gasteiger partial charge is 0.756 e. The Hall–Kier alpha value is -3.43. The Morgan fingerprint density at radius 1 is 0.976 bits per heavy atom. The molecule has 0 spiro atoms. The van der Waals surface area contributed by atoms with Gasteiger partial charge in [0, 0.05) is 12.3 Å². The Kier molecular flexibility index (Phi) is 9.71. The highest BCUT2D eigenvalue weighted by Gasteiger charge is 2.48. The monoisotopic (exact) mass is 612 g/mol. The predicted molar refractivity (Wildman–Crippen MR) is 132 cm³/mol. The van der Waals surface area contributed by atoms with E-state index in [1.54, 1.807) is 36.4 Å². The van der Waals surface area contributed by atoms with Crippen LogP contribution < -0.4 is 25.8 Å². The zero-order chi connectivity index (χ0) is 29.6. The standard InChI is InChI=1S/C23H24N2O14P2/c26-18-11-12-25(22(28)24-18)21-20(38-23(29)36-16-9-5-2-6-10-16)19(27)17(37-21)14-35-41(32,33)39-40(30,31)34-13-15-7-3-1-4-8-15/h1-12,17,19-21,27H,13-14H2,(H,30,31)(H,32,33)(H,24,26,28)/p-2/t17-,19?,20+,21-/m1/s1. The van der Waals surface area contributed by atoms with E-state index < -0.39 is 70.8 Å². The number of aromatic nitrogens is 2. The fourth-order valence-electron chi connectivity index (χ4n) is 3.62. The van der Waals surface area contributed by atoms with E-state index in [4.69, 9.17) is 14.2 Å². The lowest BCUT2D eigenvalue weighted by Crippen LogP contribution is -2.41. The molecule has 1 saturated heterocycles. The van der Waals surface area contributed by atoms with Crippen molar-refractivity contribution < 1.29 is 56.4 Å². The lowest BCUT2D eigenvalue weighted by atomic mass is 10.1. The number of rotatable bonds is 11. The number of aliphatic hydroxyl groups excluding tert-OH is 1. The molecule has 4 rings (SSSR count). The van der Waals surface area contributed by atoms with E-state index in [2.05, 4.69) is 13.4 Å². The molecule has 6 atom stereocenters. The van der Waals surface area contributed by atoms with Crippen molar-refractivity contribution in [2.45, 2.75) is 31.1 Å². The Balaban J connectivity index is 1.44. The van der Waals surface area contributed by atoms with Crippen LogP contribution in [0.3, 0.4) is 0 Å². The molecular weight excluding hydrogens is 590 g/mol. The molecule has 0 aliphatic carbocycles. The number of ether oxygens (including phenoxy) is 3. The van der Waals surface area contributed by atoms with Gasteiger partial charge >= 0.3 is 11.8 Å². The van der Waals surface area contributed by atoms with Gasteiger partial charge in [0.1, 0.15) is 18.0 Å². The zero-order valence-corrected chi connectivity index (χ0v) is 22.5. The first-order chi connectivity index (χ1) is 19.4. The third-order valence-corrected chi connectivity index (χ3v) is 7.95. The van der Waals surface area contributed by atoms with Crippen LogP contribution in [0.1, 0.15) is 11.8 Å². The number of phosphoric ester groups is 2. The van der Waals surface area contributed by atoms with Crippen LogP contribution in [0, 0.1) is 0 Å². The van der Waals surface area contributed by atoms with Crippen molar-refractivity contribution in [2.75, 3.05) is 6.61 Å². The summed E-state index contributed by atoms with van der Waals surface area (Å²) in [5.74, 6) is 0.0875. The number of aliphatic hydroxyl groups is 1. The minimum Gasteiger partial charge on any atom is -0.756 e. The number of carbonyl (C=O) groups is 1. The van der Waals surface area contributed by atoms with Gasteiger partial charge in [0.2, 0.25) is 0 Å². The first-order valence-electron chi connectivity index (χ1n) is 11.7. The highest BCUT2D eigenvalue weighted by molar-refractivity contribution is 7.59. The van der Waals surface area contributed by atoms with E-state index in [1.165, 1.54) is 24.3 Å². The van der Waals surface area contributed by atoms with Gasteiger partial charge < -0.3 is 38.2 Å². The van der Waals surface area contributed by atoms with E-state index >= 15 is 0 Å². The van der Waals surface area contributed by atoms with Crippen LogP contribution >= 0.6 is 15.6 Å². The number of nitrogens with one attached hydrogen (secondary N) is 1. The van der Waals surface area contributed by atoms with E-state index in [1.807, 2.05) is 4.98 Å². The normalized spacial score (nSPS) is 23.3. The molecule has 1 fully saturated rings. The molecule has 0 amide bonds. The van der Waals surface area contributed by atoms with Gasteiger partial charge in [-0.15, -0.1) is 0 Å². The van der Waals surface area contributed by atoms with Crippen molar-refractivity contribution in [1.82, 2.24) is 9.55 Å². The van der Waals surface area contributed by atoms with Crippen molar-refractivity contribution in [3.8, 4) is 5.75 Å². The third kappa shape index (κ3) is 8.53. The molecule has 2 heterocycles. The summed E-state index contributed by atoms with van der Waals surface area (Å²) in [4.78, 5) is 62.4. The number of nitrogens with zero attached hydrogens (tertiary/aromatic N) is 1. The molecule has 16 nitrogen and oxygen atoms in total. The zero-order valence-electron chi connectivity index (χ0n) is 20.7. The van der Waals surface area contributed by atoms with Crippen LogP contribution in [0.25, 0.3) is 0 Å². The molecule has 3 unspecified atom stereocenters. The van der Waals surface area contributed by atoms with Gasteiger partial charge in [-0.3, -0.25) is 23.5 Å². The summed E-state index contributed by atoms with van der Waals surface area (Å²) in [5, 5.41) is 10.8. The first-order valence-corrected chi connectivity index (χ1v) is 14.6. The average molecular weight is 612 g/mol. The molecule has 220 valence electrons. The molecule has 0 radical (unpaired) electrons. The summed E-state index contributed by atoms with van der Waals surface area (Å²) < 4.78 is 53.9. The summed E-state index contributed by atoms with van der Waals surface area (Å²) in [6.45, 7) is -1.55. The molecule has 1 aromatic heterocycles. The minimum atomic E-state index is -5.61. The van der Waals surface area contributed by atoms with Crippen molar-refractivity contribution in [3.05, 3.63) is 99.3 Å². The van der Waals surface area contributed by atoms with Crippen LogP contribution in [-0.4, -0.2) is 45.7 Å². The summed E-state index contributed by atoms with van der Waals surface area (Å²) in [5.41, 5.74) is -1.36. The Bertz CT molecular complexity index is 1550. The molecule has 0 saturated carbocycles. The van der Waals surface area contributed by atoms with E-state index in [0.29, 0.717) is 5.56 Å². The van der Waals surface area contributed by atoms with Gasteiger partial charge in [-0.05, 0) is 17.7 Å². The summed E-state index contributed by atoms with van der Waals surface area (Å²) in [6, 6.07) is 16.6. The summed E-state index contributed by atoms with van der Waals surface area (Å²) in [6.07, 6.45) is -7.06. The summed E-state index contributed by atoms with van der Waals surface area (Å²) in [7, 11) is -11.0. The van der Waals surface area contributed by atoms with Crippen molar-refractivity contribution in [2.24, 2.45) is 0 Å². The van der Waals surface area contributed by atoms with Crippen molar-refractivity contribution in [3.63, 3.8) is 0 Å². The second-order valence-corrected chi connectivity index (χ2v) is 11.3. The number of benzene rings is 2. The van der Waals surface area contributed by atoms with E-state index in [0.717, 1.165) is 16.8 Å². The molecule has 41 heavy (non-hydrogen) atoms. The maximum absolute atomic E-state index is 12.4. The number of H-pyrrole nitrogens is 1. The number of hydrogen-bond donors (Lipinski definition) is 2. The SMILES string of the molecule is O=C(Oc1ccccc1)O[C@H]1C(O)[C@@H](COP(=O)([O-])OP(=O)([O-])OCc2ccccc2)O[C@H]1n1ccc(=O)[nH]c1=O. The molecule has 2 aromatic carbocycles. The average Bonchev–Trinajstić information content (AvgIpc) is 3.21. The van der Waals surface area contributed by atoms with Gasteiger partial charge in [-0.1, -0.05) is 48.5 Å². The summed E-state index contributed by atoms with van der Waals surface area (Å²) >= 11 is 0. The van der Waals surface area contributed by atoms with Gasteiger partial charge in [-0.25, -0.2) is 13.9 Å². The van der Waals surface area contributed by atoms with Gasteiger partial charge in [0.25, 0.3) is 21.2 Å². The highest BCUT2D eigenvalue weighted by Crippen LogP contribution is 2.56. The minimum absolute atomic E-state index is 0.0875. The lowest BCUT2D eigenvalue weighted by Gasteiger charge is -2.31. The number of aromatic amines is 1. The number of carbonyl (C=O) groups excluding carboxylic acids is 1. The maximum atomic E-state index is 12.4.